The zero-order valence-corrected chi connectivity index (χ0v) is 16.2. The highest BCUT2D eigenvalue weighted by atomic mass is 28.4. The van der Waals surface area contributed by atoms with Crippen LogP contribution in [0.25, 0.3) is 0 Å². The Hall–Kier alpha value is 0.0969. The largest absolute Gasteiger partial charge is 0.417 e. The van der Waals surface area contributed by atoms with Crippen LogP contribution in [0.15, 0.2) is 0 Å². The van der Waals surface area contributed by atoms with Crippen molar-refractivity contribution in [1.29, 1.82) is 0 Å². The molecule has 1 saturated carbocycles. The smallest absolute Gasteiger partial charge is 0.192 e. The first-order chi connectivity index (χ1) is 9.41. The molecule has 21 heavy (non-hydrogen) atoms. The van der Waals surface area contributed by atoms with Crippen LogP contribution in [0.3, 0.4) is 0 Å². The summed E-state index contributed by atoms with van der Waals surface area (Å²) < 4.78 is 6.44. The Morgan fingerprint density at radius 2 is 1.67 bits per heavy atom. The molecular formula is C17H36O3Si. The lowest BCUT2D eigenvalue weighted by Gasteiger charge is -2.45. The van der Waals surface area contributed by atoms with Crippen LogP contribution in [0, 0.1) is 23.7 Å². The van der Waals surface area contributed by atoms with Gasteiger partial charge >= 0.3 is 0 Å². The minimum absolute atomic E-state index is 0.130. The van der Waals surface area contributed by atoms with Gasteiger partial charge in [-0.2, -0.15) is 0 Å². The second-order valence-corrected chi connectivity index (χ2v) is 13.1. The molecule has 0 aliphatic heterocycles. The third kappa shape index (κ3) is 3.90. The number of hydrogen-bond acceptors (Lipinski definition) is 3. The minimum atomic E-state index is -1.81. The lowest BCUT2D eigenvalue weighted by Crippen LogP contribution is -2.49. The summed E-state index contributed by atoms with van der Waals surface area (Å²) in [7, 11) is -1.81. The van der Waals surface area contributed by atoms with E-state index < -0.39 is 20.5 Å². The molecule has 0 aromatic rings. The molecule has 1 rings (SSSR count). The fraction of sp³-hybridized carbons (Fsp3) is 1.00. The molecule has 4 heteroatoms. The second kappa shape index (κ2) is 6.69. The fourth-order valence-corrected chi connectivity index (χ4v) is 5.56. The van der Waals surface area contributed by atoms with E-state index in [1.54, 1.807) is 0 Å². The summed E-state index contributed by atoms with van der Waals surface area (Å²) in [6, 6.07) is 0. The Kier molecular flexibility index (Phi) is 6.10. The molecule has 0 heterocycles. The van der Waals surface area contributed by atoms with Gasteiger partial charge in [0.15, 0.2) is 8.32 Å². The van der Waals surface area contributed by atoms with Crippen LogP contribution < -0.4 is 0 Å². The first-order valence-corrected chi connectivity index (χ1v) is 11.3. The van der Waals surface area contributed by atoms with Crippen molar-refractivity contribution in [3.63, 3.8) is 0 Å². The predicted molar refractivity (Wildman–Crippen MR) is 90.8 cm³/mol. The number of hydrogen-bond donors (Lipinski definition) is 2. The van der Waals surface area contributed by atoms with Crippen molar-refractivity contribution in [3.8, 4) is 0 Å². The van der Waals surface area contributed by atoms with Crippen molar-refractivity contribution in [2.75, 3.05) is 6.61 Å². The lowest BCUT2D eigenvalue weighted by molar-refractivity contribution is -0.0873. The molecule has 1 aliphatic carbocycles. The quantitative estimate of drug-likeness (QED) is 0.761. The van der Waals surface area contributed by atoms with Crippen LogP contribution in [-0.4, -0.2) is 37.3 Å². The monoisotopic (exact) mass is 316 g/mol. The summed E-state index contributed by atoms with van der Waals surface area (Å²) in [5, 5.41) is 20.2. The fourth-order valence-electron chi connectivity index (χ4n) is 3.17. The molecule has 0 spiro atoms. The molecule has 0 radical (unpaired) electrons. The maximum absolute atomic E-state index is 10.0. The van der Waals surface area contributed by atoms with Gasteiger partial charge in [-0.05, 0) is 48.2 Å². The van der Waals surface area contributed by atoms with Gasteiger partial charge in [0.25, 0.3) is 0 Å². The second-order valence-electron chi connectivity index (χ2n) is 8.47. The molecule has 0 aromatic carbocycles. The molecule has 3 nitrogen and oxygen atoms in total. The third-order valence-corrected chi connectivity index (χ3v) is 11.3. The van der Waals surface area contributed by atoms with Gasteiger partial charge in [-0.25, -0.2) is 0 Å². The van der Waals surface area contributed by atoms with Crippen LogP contribution >= 0.6 is 0 Å². The number of aliphatic hydroxyl groups excluding tert-OH is 2. The van der Waals surface area contributed by atoms with E-state index >= 15 is 0 Å². The van der Waals surface area contributed by atoms with E-state index in [-0.39, 0.29) is 11.0 Å². The van der Waals surface area contributed by atoms with E-state index in [0.717, 1.165) is 0 Å². The summed E-state index contributed by atoms with van der Waals surface area (Å²) in [6.45, 7) is 18.7. The summed E-state index contributed by atoms with van der Waals surface area (Å²) in [4.78, 5) is 0. The van der Waals surface area contributed by atoms with Gasteiger partial charge in [-0.3, -0.25) is 0 Å². The van der Waals surface area contributed by atoms with Crippen molar-refractivity contribution in [2.24, 2.45) is 23.7 Å². The van der Waals surface area contributed by atoms with Gasteiger partial charge < -0.3 is 14.6 Å². The van der Waals surface area contributed by atoms with Gasteiger partial charge in [-0.1, -0.05) is 41.5 Å². The molecule has 2 N–H and O–H groups in total. The first-order valence-electron chi connectivity index (χ1n) is 8.42. The van der Waals surface area contributed by atoms with Crippen molar-refractivity contribution < 1.29 is 14.6 Å². The van der Waals surface area contributed by atoms with E-state index in [0.29, 0.717) is 30.8 Å². The van der Waals surface area contributed by atoms with E-state index in [4.69, 9.17) is 4.43 Å². The highest BCUT2D eigenvalue weighted by molar-refractivity contribution is 6.74. The lowest BCUT2D eigenvalue weighted by atomic mass is 9.71. The highest BCUT2D eigenvalue weighted by Crippen LogP contribution is 2.45. The first kappa shape index (κ1) is 19.1. The van der Waals surface area contributed by atoms with E-state index in [2.05, 4.69) is 47.7 Å². The summed E-state index contributed by atoms with van der Waals surface area (Å²) >= 11 is 0. The molecule has 1 aliphatic rings. The zero-order valence-electron chi connectivity index (χ0n) is 15.2. The molecular weight excluding hydrogens is 280 g/mol. The molecule has 0 aromatic heterocycles. The van der Waals surface area contributed by atoms with Gasteiger partial charge in [0.1, 0.15) is 0 Å². The standard InChI is InChI=1S/C17H36O3Si/c1-11(2)17(5,6)21(7,8)20-10-14-9-15(18)16(19)13(4)12(14)3/h11-16,18-19H,9-10H2,1-8H3. The van der Waals surface area contributed by atoms with Crippen LogP contribution in [0.1, 0.15) is 48.0 Å². The normalized spacial score (nSPS) is 35.3. The van der Waals surface area contributed by atoms with Gasteiger partial charge in [0, 0.05) is 6.61 Å². The Labute approximate surface area is 132 Å². The SMILES string of the molecule is CC1C(CO[Si](C)(C)C(C)(C)C(C)C)CC(O)C(O)C1C. The average molecular weight is 317 g/mol. The van der Waals surface area contributed by atoms with Crippen molar-refractivity contribution in [1.82, 2.24) is 0 Å². The van der Waals surface area contributed by atoms with E-state index in [9.17, 15) is 10.2 Å². The topological polar surface area (TPSA) is 49.7 Å². The van der Waals surface area contributed by atoms with Crippen LogP contribution in [-0.2, 0) is 4.43 Å². The molecule has 0 saturated heterocycles. The summed E-state index contributed by atoms with van der Waals surface area (Å²) in [5.74, 6) is 1.45. The molecule has 0 amide bonds. The van der Waals surface area contributed by atoms with Crippen molar-refractivity contribution >= 4 is 8.32 Å². The molecule has 5 atom stereocenters. The highest BCUT2D eigenvalue weighted by Gasteiger charge is 2.45. The van der Waals surface area contributed by atoms with E-state index in [1.807, 2.05) is 6.92 Å². The predicted octanol–water partition coefficient (Wildman–Crippen LogP) is 3.66. The van der Waals surface area contributed by atoms with Crippen molar-refractivity contribution in [2.45, 2.75) is 78.3 Å². The Morgan fingerprint density at radius 3 is 2.14 bits per heavy atom. The van der Waals surface area contributed by atoms with Crippen LogP contribution in [0.5, 0.6) is 0 Å². The maximum Gasteiger partial charge on any atom is 0.192 e. The van der Waals surface area contributed by atoms with Crippen molar-refractivity contribution in [3.05, 3.63) is 0 Å². The molecule has 126 valence electrons. The molecule has 5 unspecified atom stereocenters. The van der Waals surface area contributed by atoms with Gasteiger partial charge in [-0.15, -0.1) is 0 Å². The zero-order chi connectivity index (χ0) is 16.6. The Bertz CT molecular complexity index is 341. The average Bonchev–Trinajstić information content (AvgIpc) is 2.38. The third-order valence-electron chi connectivity index (χ3n) is 6.70. The number of rotatable bonds is 5. The summed E-state index contributed by atoms with van der Waals surface area (Å²) in [6.07, 6.45) is -0.541. The minimum Gasteiger partial charge on any atom is -0.417 e. The maximum atomic E-state index is 10.0. The van der Waals surface area contributed by atoms with Crippen LogP contribution in [0.4, 0.5) is 0 Å². The Balaban J connectivity index is 2.70. The number of aliphatic hydroxyl groups is 2. The van der Waals surface area contributed by atoms with E-state index in [1.165, 1.54) is 0 Å². The van der Waals surface area contributed by atoms with Gasteiger partial charge in [0.2, 0.25) is 0 Å². The molecule has 1 fully saturated rings. The van der Waals surface area contributed by atoms with Gasteiger partial charge in [0.05, 0.1) is 12.2 Å². The molecule has 0 bridgehead atoms. The van der Waals surface area contributed by atoms with Crippen LogP contribution in [0.2, 0.25) is 18.1 Å². The Morgan fingerprint density at radius 1 is 1.14 bits per heavy atom. The summed E-state index contributed by atoms with van der Waals surface area (Å²) in [5.41, 5.74) is 0.